The number of carbonyl (C=O) groups excluding carboxylic acids is 1. The lowest BCUT2D eigenvalue weighted by Crippen LogP contribution is -2.24. The number of rotatable bonds is 7. The number of hydrogen-bond acceptors (Lipinski definition) is 6. The van der Waals surface area contributed by atoms with Crippen molar-refractivity contribution in [3.63, 3.8) is 0 Å². The Balaban J connectivity index is 1.55. The maximum Gasteiger partial charge on any atom is 0.237 e. The molecular formula is C23H24N6OS. The number of nitriles is 1. The van der Waals surface area contributed by atoms with Gasteiger partial charge < -0.3 is 5.32 Å². The fourth-order valence-corrected chi connectivity index (χ4v) is 4.48. The van der Waals surface area contributed by atoms with E-state index in [-0.39, 0.29) is 5.91 Å². The molecule has 1 unspecified atom stereocenters. The van der Waals surface area contributed by atoms with Gasteiger partial charge in [-0.2, -0.15) is 5.26 Å². The third-order valence-electron chi connectivity index (χ3n) is 5.24. The van der Waals surface area contributed by atoms with Gasteiger partial charge in [-0.3, -0.25) is 14.3 Å². The Hall–Kier alpha value is -3.15. The third-order valence-corrected chi connectivity index (χ3v) is 6.28. The van der Waals surface area contributed by atoms with E-state index in [4.69, 9.17) is 0 Å². The zero-order valence-electron chi connectivity index (χ0n) is 17.4. The second kappa shape index (κ2) is 9.77. The minimum atomic E-state index is -0.418. The molecule has 7 nitrogen and oxygen atoms in total. The van der Waals surface area contributed by atoms with Crippen LogP contribution in [0, 0.1) is 11.3 Å². The topological polar surface area (TPSA) is 86.8 Å². The van der Waals surface area contributed by atoms with E-state index in [1.165, 1.54) is 24.6 Å². The minimum Gasteiger partial charge on any atom is -0.324 e. The summed E-state index contributed by atoms with van der Waals surface area (Å²) in [5, 5.41) is 21.2. The standard InChI is InChI=1S/C23H24N6OS/c1-17(22(30)25-20-12-6-5-9-18(20)15-24)31-23-27-26-21(16-28-13-7-8-14-28)29(23)19-10-3-2-4-11-19/h2-6,9-12,17H,7-8,13-14,16H2,1H3,(H,25,30). The summed E-state index contributed by atoms with van der Waals surface area (Å²) in [6, 6.07) is 19.1. The van der Waals surface area contributed by atoms with Gasteiger partial charge >= 0.3 is 0 Å². The molecule has 31 heavy (non-hydrogen) atoms. The highest BCUT2D eigenvalue weighted by Gasteiger charge is 2.23. The van der Waals surface area contributed by atoms with Crippen molar-refractivity contribution in [2.45, 2.75) is 36.7 Å². The van der Waals surface area contributed by atoms with Gasteiger partial charge in [-0.15, -0.1) is 10.2 Å². The molecule has 0 aliphatic carbocycles. The number of para-hydroxylation sites is 2. The lowest BCUT2D eigenvalue weighted by atomic mass is 10.2. The van der Waals surface area contributed by atoms with Crippen LogP contribution in [0.5, 0.6) is 0 Å². The van der Waals surface area contributed by atoms with Gasteiger partial charge in [0.1, 0.15) is 6.07 Å². The van der Waals surface area contributed by atoms with E-state index in [1.807, 2.05) is 41.8 Å². The van der Waals surface area contributed by atoms with E-state index in [9.17, 15) is 10.1 Å². The van der Waals surface area contributed by atoms with Gasteiger partial charge in [-0.1, -0.05) is 42.1 Å². The van der Waals surface area contributed by atoms with E-state index in [2.05, 4.69) is 26.5 Å². The van der Waals surface area contributed by atoms with Crippen LogP contribution in [-0.2, 0) is 11.3 Å². The molecule has 0 saturated carbocycles. The zero-order chi connectivity index (χ0) is 21.6. The molecule has 1 aromatic heterocycles. The predicted molar refractivity (Wildman–Crippen MR) is 121 cm³/mol. The Morgan fingerprint density at radius 3 is 2.58 bits per heavy atom. The Kier molecular flexibility index (Phi) is 6.65. The Morgan fingerprint density at radius 2 is 1.84 bits per heavy atom. The molecule has 1 atom stereocenters. The Morgan fingerprint density at radius 1 is 1.13 bits per heavy atom. The van der Waals surface area contributed by atoms with Crippen LogP contribution in [0.4, 0.5) is 5.69 Å². The second-order valence-electron chi connectivity index (χ2n) is 7.46. The third kappa shape index (κ3) is 4.95. The Bertz CT molecular complexity index is 1080. The summed E-state index contributed by atoms with van der Waals surface area (Å²) in [5.74, 6) is 0.689. The molecule has 0 bridgehead atoms. The molecule has 0 radical (unpaired) electrons. The Labute approximate surface area is 186 Å². The molecule has 1 amide bonds. The van der Waals surface area contributed by atoms with Crippen molar-refractivity contribution in [3.8, 4) is 11.8 Å². The number of hydrogen-bond donors (Lipinski definition) is 1. The highest BCUT2D eigenvalue weighted by molar-refractivity contribution is 8.00. The van der Waals surface area contributed by atoms with E-state index >= 15 is 0 Å². The number of aromatic nitrogens is 3. The summed E-state index contributed by atoms with van der Waals surface area (Å²) < 4.78 is 2.04. The van der Waals surface area contributed by atoms with Crippen molar-refractivity contribution >= 4 is 23.4 Å². The van der Waals surface area contributed by atoms with Crippen LogP contribution in [0.1, 0.15) is 31.2 Å². The molecule has 8 heteroatoms. The van der Waals surface area contributed by atoms with E-state index in [0.717, 1.165) is 31.1 Å². The molecule has 1 aliphatic rings. The summed E-state index contributed by atoms with van der Waals surface area (Å²) in [5.41, 5.74) is 1.93. The fraction of sp³-hybridized carbons (Fsp3) is 0.304. The van der Waals surface area contributed by atoms with Gasteiger partial charge in [0.15, 0.2) is 11.0 Å². The number of carbonyl (C=O) groups is 1. The molecule has 2 heterocycles. The summed E-state index contributed by atoms with van der Waals surface area (Å²) >= 11 is 1.36. The van der Waals surface area contributed by atoms with Gasteiger partial charge in [0.2, 0.25) is 5.91 Å². The second-order valence-corrected chi connectivity index (χ2v) is 8.77. The van der Waals surface area contributed by atoms with Gasteiger partial charge in [0, 0.05) is 5.69 Å². The van der Waals surface area contributed by atoms with Gasteiger partial charge in [0.05, 0.1) is 23.0 Å². The van der Waals surface area contributed by atoms with E-state index < -0.39 is 5.25 Å². The first-order valence-electron chi connectivity index (χ1n) is 10.3. The average Bonchev–Trinajstić information content (AvgIpc) is 3.45. The summed E-state index contributed by atoms with van der Waals surface area (Å²) in [7, 11) is 0. The summed E-state index contributed by atoms with van der Waals surface area (Å²) in [4.78, 5) is 15.2. The monoisotopic (exact) mass is 432 g/mol. The van der Waals surface area contributed by atoms with E-state index in [1.54, 1.807) is 24.3 Å². The number of anilines is 1. The molecule has 1 N–H and O–H groups in total. The lowest BCUT2D eigenvalue weighted by molar-refractivity contribution is -0.115. The first-order valence-corrected chi connectivity index (χ1v) is 11.2. The quantitative estimate of drug-likeness (QED) is 0.571. The molecule has 0 spiro atoms. The molecule has 1 saturated heterocycles. The first-order chi connectivity index (χ1) is 15.2. The summed E-state index contributed by atoms with van der Waals surface area (Å²) in [6.07, 6.45) is 2.42. The van der Waals surface area contributed by atoms with E-state index in [0.29, 0.717) is 16.4 Å². The smallest absolute Gasteiger partial charge is 0.237 e. The van der Waals surface area contributed by atoms with Crippen molar-refractivity contribution in [1.82, 2.24) is 19.7 Å². The van der Waals surface area contributed by atoms with Crippen LogP contribution in [0.3, 0.4) is 0 Å². The number of nitrogens with zero attached hydrogens (tertiary/aromatic N) is 5. The zero-order valence-corrected chi connectivity index (χ0v) is 18.2. The van der Waals surface area contributed by atoms with Crippen molar-refractivity contribution in [2.75, 3.05) is 18.4 Å². The van der Waals surface area contributed by atoms with Gasteiger partial charge in [-0.25, -0.2) is 0 Å². The SMILES string of the molecule is CC(Sc1nnc(CN2CCCC2)n1-c1ccccc1)C(=O)Nc1ccccc1C#N. The van der Waals surface area contributed by atoms with Crippen molar-refractivity contribution in [1.29, 1.82) is 5.26 Å². The van der Waals surface area contributed by atoms with Crippen LogP contribution < -0.4 is 5.32 Å². The first kappa shape index (κ1) is 21.1. The van der Waals surface area contributed by atoms with Crippen LogP contribution in [0.25, 0.3) is 5.69 Å². The number of amides is 1. The van der Waals surface area contributed by atoms with Crippen LogP contribution >= 0.6 is 11.8 Å². The highest BCUT2D eigenvalue weighted by Crippen LogP contribution is 2.28. The van der Waals surface area contributed by atoms with Gasteiger partial charge in [-0.05, 0) is 57.1 Å². The molecule has 1 aliphatic heterocycles. The predicted octanol–water partition coefficient (Wildman–Crippen LogP) is 3.85. The number of thioether (sulfide) groups is 1. The van der Waals surface area contributed by atoms with Crippen molar-refractivity contribution in [3.05, 3.63) is 66.0 Å². The molecule has 4 rings (SSSR count). The maximum atomic E-state index is 12.8. The average molecular weight is 433 g/mol. The largest absolute Gasteiger partial charge is 0.324 e. The van der Waals surface area contributed by atoms with Crippen LogP contribution in [0.15, 0.2) is 59.8 Å². The molecule has 3 aromatic rings. The number of benzene rings is 2. The number of likely N-dealkylation sites (tertiary alicyclic amines) is 1. The molecule has 158 valence electrons. The molecule has 1 fully saturated rings. The normalized spacial score (nSPS) is 14.8. The molecule has 2 aromatic carbocycles. The highest BCUT2D eigenvalue weighted by atomic mass is 32.2. The number of nitrogens with one attached hydrogen (secondary N) is 1. The van der Waals surface area contributed by atoms with Gasteiger partial charge in [0.25, 0.3) is 0 Å². The molecular weight excluding hydrogens is 408 g/mol. The summed E-state index contributed by atoms with van der Waals surface area (Å²) in [6.45, 7) is 4.71. The fourth-order valence-electron chi connectivity index (χ4n) is 3.59. The van der Waals surface area contributed by atoms with Crippen LogP contribution in [0.2, 0.25) is 0 Å². The lowest BCUT2D eigenvalue weighted by Gasteiger charge is -2.17. The van der Waals surface area contributed by atoms with Crippen LogP contribution in [-0.4, -0.2) is 43.9 Å². The van der Waals surface area contributed by atoms with Crippen molar-refractivity contribution < 1.29 is 4.79 Å². The maximum absolute atomic E-state index is 12.8. The minimum absolute atomic E-state index is 0.184. The van der Waals surface area contributed by atoms with Crippen molar-refractivity contribution in [2.24, 2.45) is 0 Å².